The molecule has 2 rings (SSSR count). The van der Waals surface area contributed by atoms with Gasteiger partial charge in [-0.15, -0.1) is 0 Å². The first kappa shape index (κ1) is 17.8. The molecule has 1 saturated carbocycles. The van der Waals surface area contributed by atoms with Gasteiger partial charge in [-0.05, 0) is 45.1 Å². The van der Waals surface area contributed by atoms with E-state index in [1.165, 1.54) is 18.5 Å². The minimum atomic E-state index is 0.763. The number of rotatable bonds is 9. The number of aryl methyl sites for hydroxylation is 3. The number of nitrogens with one attached hydrogen (secondary N) is 1. The third-order valence-electron chi connectivity index (χ3n) is 4.13. The summed E-state index contributed by atoms with van der Waals surface area (Å²) in [5, 5.41) is 7.89. The third-order valence-corrected chi connectivity index (χ3v) is 4.13. The molecule has 0 aliphatic heterocycles. The summed E-state index contributed by atoms with van der Waals surface area (Å²) in [5.41, 5.74) is 2.30. The molecule has 1 aliphatic carbocycles. The molecular weight excluding hydrogens is 290 g/mol. The number of guanidine groups is 1. The summed E-state index contributed by atoms with van der Waals surface area (Å²) in [6.45, 7) is 8.49. The van der Waals surface area contributed by atoms with E-state index in [0.29, 0.717) is 0 Å². The number of hydrogen-bond donors (Lipinski definition) is 1. The SMILES string of the molecule is CN=C(NCCCn1nc(C)cc1C)N(C)CCOCC1CC1. The Bertz CT molecular complexity index is 507. The van der Waals surface area contributed by atoms with Gasteiger partial charge in [0.2, 0.25) is 0 Å². The Morgan fingerprint density at radius 3 is 2.87 bits per heavy atom. The van der Waals surface area contributed by atoms with Gasteiger partial charge in [0.15, 0.2) is 5.96 Å². The third kappa shape index (κ3) is 6.22. The summed E-state index contributed by atoms with van der Waals surface area (Å²) in [6.07, 6.45) is 3.70. The van der Waals surface area contributed by atoms with E-state index >= 15 is 0 Å². The van der Waals surface area contributed by atoms with E-state index < -0.39 is 0 Å². The first-order valence-corrected chi connectivity index (χ1v) is 8.60. The van der Waals surface area contributed by atoms with Crippen molar-refractivity contribution < 1.29 is 4.74 Å². The predicted molar refractivity (Wildman–Crippen MR) is 93.9 cm³/mol. The molecule has 0 amide bonds. The van der Waals surface area contributed by atoms with Crippen LogP contribution in [0.3, 0.4) is 0 Å². The van der Waals surface area contributed by atoms with E-state index in [1.807, 2.05) is 14.0 Å². The van der Waals surface area contributed by atoms with Crippen LogP contribution in [0, 0.1) is 19.8 Å². The highest BCUT2D eigenvalue weighted by Gasteiger charge is 2.21. The van der Waals surface area contributed by atoms with Crippen molar-refractivity contribution in [1.29, 1.82) is 0 Å². The topological polar surface area (TPSA) is 54.7 Å². The average Bonchev–Trinajstić information content (AvgIpc) is 3.28. The van der Waals surface area contributed by atoms with E-state index in [4.69, 9.17) is 4.74 Å². The van der Waals surface area contributed by atoms with Crippen LogP contribution in [0.4, 0.5) is 0 Å². The van der Waals surface area contributed by atoms with Crippen LogP contribution in [0.25, 0.3) is 0 Å². The molecule has 1 aromatic heterocycles. The molecule has 1 heterocycles. The van der Waals surface area contributed by atoms with Crippen LogP contribution in [0.1, 0.15) is 30.7 Å². The summed E-state index contributed by atoms with van der Waals surface area (Å²) < 4.78 is 7.75. The number of hydrogen-bond acceptors (Lipinski definition) is 3. The van der Waals surface area contributed by atoms with Crippen LogP contribution in [-0.2, 0) is 11.3 Å². The molecule has 0 aromatic carbocycles. The lowest BCUT2D eigenvalue weighted by Crippen LogP contribution is -2.41. The number of aliphatic imine (C=N–C) groups is 1. The smallest absolute Gasteiger partial charge is 0.193 e. The maximum absolute atomic E-state index is 5.69. The zero-order valence-electron chi connectivity index (χ0n) is 15.0. The summed E-state index contributed by atoms with van der Waals surface area (Å²) in [4.78, 5) is 6.46. The Morgan fingerprint density at radius 1 is 1.48 bits per heavy atom. The van der Waals surface area contributed by atoms with E-state index in [1.54, 1.807) is 0 Å². The van der Waals surface area contributed by atoms with Crippen molar-refractivity contribution in [2.24, 2.45) is 10.9 Å². The minimum absolute atomic E-state index is 0.763. The van der Waals surface area contributed by atoms with Gasteiger partial charge in [0, 0.05) is 46.0 Å². The van der Waals surface area contributed by atoms with Crippen molar-refractivity contribution in [3.63, 3.8) is 0 Å². The average molecular weight is 321 g/mol. The largest absolute Gasteiger partial charge is 0.379 e. The second kappa shape index (κ2) is 8.91. The van der Waals surface area contributed by atoms with Crippen LogP contribution >= 0.6 is 0 Å². The fourth-order valence-electron chi connectivity index (χ4n) is 2.56. The number of nitrogens with zero attached hydrogens (tertiary/aromatic N) is 4. The molecule has 0 spiro atoms. The van der Waals surface area contributed by atoms with Gasteiger partial charge < -0.3 is 15.0 Å². The molecule has 0 bridgehead atoms. The van der Waals surface area contributed by atoms with Gasteiger partial charge in [-0.25, -0.2) is 0 Å². The molecule has 1 N–H and O–H groups in total. The molecule has 6 nitrogen and oxygen atoms in total. The van der Waals surface area contributed by atoms with Crippen molar-refractivity contribution in [2.45, 2.75) is 39.7 Å². The zero-order chi connectivity index (χ0) is 16.7. The van der Waals surface area contributed by atoms with Gasteiger partial charge in [-0.2, -0.15) is 5.10 Å². The Hall–Kier alpha value is -1.56. The van der Waals surface area contributed by atoms with Gasteiger partial charge in [-0.1, -0.05) is 0 Å². The molecule has 6 heteroatoms. The fraction of sp³-hybridized carbons (Fsp3) is 0.765. The molecule has 1 fully saturated rings. The summed E-state index contributed by atoms with van der Waals surface area (Å²) in [6, 6.07) is 2.11. The highest BCUT2D eigenvalue weighted by Crippen LogP contribution is 2.28. The van der Waals surface area contributed by atoms with Crippen LogP contribution in [0.5, 0.6) is 0 Å². The molecule has 0 unspecified atom stereocenters. The van der Waals surface area contributed by atoms with Gasteiger partial charge in [0.05, 0.1) is 12.3 Å². The Balaban J connectivity index is 1.60. The highest BCUT2D eigenvalue weighted by atomic mass is 16.5. The second-order valence-electron chi connectivity index (χ2n) is 6.42. The molecule has 1 aromatic rings. The maximum Gasteiger partial charge on any atom is 0.193 e. The molecule has 0 radical (unpaired) electrons. The monoisotopic (exact) mass is 321 g/mol. The molecule has 1 aliphatic rings. The van der Waals surface area contributed by atoms with Gasteiger partial charge in [0.1, 0.15) is 0 Å². The van der Waals surface area contributed by atoms with E-state index in [0.717, 1.165) is 56.8 Å². The standard InChI is InChI=1S/C17H31N5O/c1-14-12-15(2)22(20-14)9-5-8-19-17(18-3)21(4)10-11-23-13-16-6-7-16/h12,16H,5-11,13H2,1-4H3,(H,18,19). The first-order chi connectivity index (χ1) is 11.1. The van der Waals surface area contributed by atoms with Gasteiger partial charge in [-0.3, -0.25) is 9.67 Å². The van der Waals surface area contributed by atoms with Crippen LogP contribution in [-0.4, -0.2) is 61.0 Å². The van der Waals surface area contributed by atoms with Crippen molar-refractivity contribution in [1.82, 2.24) is 20.0 Å². The quantitative estimate of drug-likeness (QED) is 0.428. The van der Waals surface area contributed by atoms with Crippen LogP contribution < -0.4 is 5.32 Å². The van der Waals surface area contributed by atoms with Crippen LogP contribution in [0.2, 0.25) is 0 Å². The molecule has 0 atom stereocenters. The van der Waals surface area contributed by atoms with Crippen molar-refractivity contribution >= 4 is 5.96 Å². The highest BCUT2D eigenvalue weighted by molar-refractivity contribution is 5.79. The van der Waals surface area contributed by atoms with E-state index in [9.17, 15) is 0 Å². The Kier molecular flexibility index (Phi) is 6.89. The van der Waals surface area contributed by atoms with Crippen LogP contribution in [0.15, 0.2) is 11.1 Å². The van der Waals surface area contributed by atoms with E-state index in [2.05, 4.69) is 45.0 Å². The second-order valence-corrected chi connectivity index (χ2v) is 6.42. The number of likely N-dealkylation sites (N-methyl/N-ethyl adjacent to an activating group) is 1. The zero-order valence-corrected chi connectivity index (χ0v) is 15.0. The first-order valence-electron chi connectivity index (χ1n) is 8.60. The minimum Gasteiger partial charge on any atom is -0.379 e. The van der Waals surface area contributed by atoms with Crippen molar-refractivity contribution in [3.8, 4) is 0 Å². The molecular formula is C17H31N5O. The summed E-state index contributed by atoms with van der Waals surface area (Å²) >= 11 is 0. The van der Waals surface area contributed by atoms with E-state index in [-0.39, 0.29) is 0 Å². The van der Waals surface area contributed by atoms with Crippen molar-refractivity contribution in [3.05, 3.63) is 17.5 Å². The molecule has 130 valence electrons. The Morgan fingerprint density at radius 2 is 2.26 bits per heavy atom. The number of aromatic nitrogens is 2. The lowest BCUT2D eigenvalue weighted by Gasteiger charge is -2.22. The van der Waals surface area contributed by atoms with Gasteiger partial charge >= 0.3 is 0 Å². The van der Waals surface area contributed by atoms with Crippen molar-refractivity contribution in [2.75, 3.05) is 40.4 Å². The summed E-state index contributed by atoms with van der Waals surface area (Å²) in [7, 11) is 3.88. The molecule has 0 saturated heterocycles. The molecule has 23 heavy (non-hydrogen) atoms. The Labute approximate surface area is 139 Å². The number of ether oxygens (including phenoxy) is 1. The van der Waals surface area contributed by atoms with Gasteiger partial charge in [0.25, 0.3) is 0 Å². The lowest BCUT2D eigenvalue weighted by molar-refractivity contribution is 0.115. The summed E-state index contributed by atoms with van der Waals surface area (Å²) in [5.74, 6) is 1.75. The fourth-order valence-corrected chi connectivity index (χ4v) is 2.56. The normalized spacial score (nSPS) is 15.0. The predicted octanol–water partition coefficient (Wildman–Crippen LogP) is 1.82. The maximum atomic E-state index is 5.69. The lowest BCUT2D eigenvalue weighted by atomic mass is 10.4.